The molecule has 0 aromatic heterocycles. The van der Waals surface area contributed by atoms with E-state index in [-0.39, 0.29) is 5.41 Å². The average molecular weight is 406 g/mol. The predicted octanol–water partition coefficient (Wildman–Crippen LogP) is 4.97. The molecule has 0 spiro atoms. The number of benzene rings is 2. The second kappa shape index (κ2) is 7.12. The van der Waals surface area contributed by atoms with Crippen molar-refractivity contribution in [1.29, 1.82) is 0 Å². The first-order valence-electron chi connectivity index (χ1n) is 11.1. The number of ether oxygens (including phenoxy) is 1. The number of hydrogen-bond acceptors (Lipinski definition) is 4. The number of fused-ring (bicyclic) bond motifs is 5. The first-order chi connectivity index (χ1) is 14.5. The summed E-state index contributed by atoms with van der Waals surface area (Å²) in [5, 5.41) is 25.5. The Morgan fingerprint density at radius 2 is 1.93 bits per heavy atom. The van der Waals surface area contributed by atoms with Gasteiger partial charge in [-0.25, -0.2) is 0 Å². The van der Waals surface area contributed by atoms with Crippen molar-refractivity contribution in [3.05, 3.63) is 65.2 Å². The van der Waals surface area contributed by atoms with E-state index in [4.69, 9.17) is 4.74 Å². The molecule has 2 fully saturated rings. The lowest BCUT2D eigenvalue weighted by atomic mass is 9.52. The number of oxime groups is 1. The number of nitrogens with zero attached hydrogens (tertiary/aromatic N) is 1. The highest BCUT2D eigenvalue weighted by atomic mass is 16.5. The van der Waals surface area contributed by atoms with E-state index < -0.39 is 5.60 Å². The minimum Gasteiger partial charge on any atom is -0.497 e. The molecule has 0 unspecified atom stereocenters. The summed E-state index contributed by atoms with van der Waals surface area (Å²) in [6.45, 7) is 2.23. The second-order valence-corrected chi connectivity index (χ2v) is 9.71. The normalized spacial score (nSPS) is 36.1. The molecule has 30 heavy (non-hydrogen) atoms. The molecular formula is C26H31NO3. The molecule has 0 aliphatic heterocycles. The molecule has 0 bridgehead atoms. The van der Waals surface area contributed by atoms with Crippen LogP contribution < -0.4 is 4.74 Å². The Hall–Kier alpha value is -2.33. The standard InChI is InChI=1S/C26H31NO3/c1-25-13-12-21-20-11-9-19(30-2)14-18(20)8-10-22(21)23(25)15-24(27-29)26(25,28)16-17-6-4-3-5-7-17/h3-7,9,11,14,21-23,28-29H,8,10,12-13,15-16H2,1-2H3/b27-24+/t21-,22-,23+,25+,26+/m1/s1. The maximum Gasteiger partial charge on any atom is 0.119 e. The van der Waals surface area contributed by atoms with Gasteiger partial charge in [0, 0.05) is 11.8 Å². The Labute approximate surface area is 178 Å². The summed E-state index contributed by atoms with van der Waals surface area (Å²) in [6, 6.07) is 16.6. The first-order valence-corrected chi connectivity index (χ1v) is 11.1. The van der Waals surface area contributed by atoms with Crippen LogP contribution in [0.15, 0.2) is 53.7 Å². The molecule has 4 nitrogen and oxygen atoms in total. The van der Waals surface area contributed by atoms with E-state index in [0.717, 1.165) is 37.0 Å². The third-order valence-corrected chi connectivity index (χ3v) is 8.58. The van der Waals surface area contributed by atoms with Gasteiger partial charge in [0.15, 0.2) is 0 Å². The molecule has 2 N–H and O–H groups in total. The first kappa shape index (κ1) is 19.6. The van der Waals surface area contributed by atoms with Crippen molar-refractivity contribution in [2.24, 2.45) is 22.4 Å². The summed E-state index contributed by atoms with van der Waals surface area (Å²) in [5.41, 5.74) is 3.14. The molecule has 3 aliphatic rings. The van der Waals surface area contributed by atoms with Crippen molar-refractivity contribution < 1.29 is 15.1 Å². The van der Waals surface area contributed by atoms with Crippen LogP contribution in [0.5, 0.6) is 5.75 Å². The Balaban J connectivity index is 1.50. The highest BCUT2D eigenvalue weighted by Gasteiger charge is 2.64. The fraction of sp³-hybridized carbons (Fsp3) is 0.500. The summed E-state index contributed by atoms with van der Waals surface area (Å²) < 4.78 is 5.44. The smallest absolute Gasteiger partial charge is 0.119 e. The van der Waals surface area contributed by atoms with Crippen molar-refractivity contribution in [3.63, 3.8) is 0 Å². The Morgan fingerprint density at radius 3 is 2.67 bits per heavy atom. The van der Waals surface area contributed by atoms with Gasteiger partial charge in [-0.1, -0.05) is 48.5 Å². The van der Waals surface area contributed by atoms with E-state index in [1.807, 2.05) is 18.2 Å². The van der Waals surface area contributed by atoms with Crippen LogP contribution in [0.3, 0.4) is 0 Å². The molecule has 0 saturated heterocycles. The zero-order valence-electron chi connectivity index (χ0n) is 17.8. The van der Waals surface area contributed by atoms with E-state index in [1.165, 1.54) is 11.1 Å². The molecule has 158 valence electrons. The lowest BCUT2D eigenvalue weighted by molar-refractivity contribution is -0.0778. The minimum absolute atomic E-state index is 0.282. The van der Waals surface area contributed by atoms with E-state index in [1.54, 1.807) is 7.11 Å². The zero-order valence-corrected chi connectivity index (χ0v) is 17.8. The van der Waals surface area contributed by atoms with Crippen molar-refractivity contribution in [2.45, 2.75) is 57.0 Å². The van der Waals surface area contributed by atoms with Crippen LogP contribution in [0.2, 0.25) is 0 Å². The molecule has 2 saturated carbocycles. The Bertz CT molecular complexity index is 971. The molecule has 2 aromatic rings. The summed E-state index contributed by atoms with van der Waals surface area (Å²) in [4.78, 5) is 0. The monoisotopic (exact) mass is 405 g/mol. The van der Waals surface area contributed by atoms with Gasteiger partial charge in [-0.15, -0.1) is 0 Å². The molecular weight excluding hydrogens is 374 g/mol. The topological polar surface area (TPSA) is 62.0 Å². The summed E-state index contributed by atoms with van der Waals surface area (Å²) >= 11 is 0. The van der Waals surface area contributed by atoms with Crippen LogP contribution in [0, 0.1) is 17.3 Å². The highest BCUT2D eigenvalue weighted by Crippen LogP contribution is 2.64. The van der Waals surface area contributed by atoms with E-state index in [9.17, 15) is 10.3 Å². The van der Waals surface area contributed by atoms with Gasteiger partial charge in [-0.3, -0.25) is 0 Å². The Kier molecular flexibility index (Phi) is 4.66. The number of aryl methyl sites for hydroxylation is 1. The molecule has 0 heterocycles. The van der Waals surface area contributed by atoms with Crippen LogP contribution in [-0.2, 0) is 12.8 Å². The highest BCUT2D eigenvalue weighted by molar-refractivity contribution is 5.96. The third-order valence-electron chi connectivity index (χ3n) is 8.58. The van der Waals surface area contributed by atoms with Crippen LogP contribution in [0.4, 0.5) is 0 Å². The third kappa shape index (κ3) is 2.73. The van der Waals surface area contributed by atoms with E-state index in [0.29, 0.717) is 36.3 Å². The van der Waals surface area contributed by atoms with E-state index >= 15 is 0 Å². The molecule has 5 rings (SSSR count). The van der Waals surface area contributed by atoms with Gasteiger partial charge in [0.25, 0.3) is 0 Å². The second-order valence-electron chi connectivity index (χ2n) is 9.71. The number of hydrogen-bond donors (Lipinski definition) is 2. The van der Waals surface area contributed by atoms with Gasteiger partial charge in [0.2, 0.25) is 0 Å². The Morgan fingerprint density at radius 1 is 1.13 bits per heavy atom. The molecule has 5 atom stereocenters. The van der Waals surface area contributed by atoms with Crippen molar-refractivity contribution in [3.8, 4) is 5.75 Å². The minimum atomic E-state index is -1.10. The van der Waals surface area contributed by atoms with E-state index in [2.05, 4.69) is 42.4 Å². The SMILES string of the molecule is COc1ccc2c(c1)CC[C@@H]1[C@@H]2CC[C@@]2(C)[C@H]1C/C(=N\O)[C@@]2(O)Cc1ccccc1. The largest absolute Gasteiger partial charge is 0.497 e. The van der Waals surface area contributed by atoms with Crippen LogP contribution in [0.1, 0.15) is 55.2 Å². The number of aliphatic hydroxyl groups is 1. The molecule has 2 aromatic carbocycles. The summed E-state index contributed by atoms with van der Waals surface area (Å²) in [7, 11) is 1.72. The average Bonchev–Trinajstić information content (AvgIpc) is 3.00. The van der Waals surface area contributed by atoms with Gasteiger partial charge in [-0.2, -0.15) is 0 Å². The van der Waals surface area contributed by atoms with Gasteiger partial charge in [0.05, 0.1) is 12.8 Å². The fourth-order valence-corrected chi connectivity index (χ4v) is 6.92. The fourth-order valence-electron chi connectivity index (χ4n) is 6.92. The van der Waals surface area contributed by atoms with Crippen LogP contribution in [-0.4, -0.2) is 28.7 Å². The van der Waals surface area contributed by atoms with Crippen LogP contribution >= 0.6 is 0 Å². The molecule has 0 amide bonds. The summed E-state index contributed by atoms with van der Waals surface area (Å²) in [6.07, 6.45) is 5.35. The zero-order chi connectivity index (χ0) is 20.9. The quantitative estimate of drug-likeness (QED) is 0.560. The van der Waals surface area contributed by atoms with Gasteiger partial charge in [0.1, 0.15) is 11.4 Å². The number of methoxy groups -OCH3 is 1. The number of rotatable bonds is 3. The van der Waals surface area contributed by atoms with Crippen LogP contribution in [0.25, 0.3) is 0 Å². The predicted molar refractivity (Wildman–Crippen MR) is 117 cm³/mol. The molecule has 0 radical (unpaired) electrons. The van der Waals surface area contributed by atoms with Gasteiger partial charge in [-0.05, 0) is 78.7 Å². The molecule has 3 aliphatic carbocycles. The molecule has 4 heteroatoms. The van der Waals surface area contributed by atoms with Gasteiger partial charge >= 0.3 is 0 Å². The summed E-state index contributed by atoms with van der Waals surface area (Å²) in [5.74, 6) is 2.27. The van der Waals surface area contributed by atoms with Gasteiger partial charge < -0.3 is 15.1 Å². The lowest BCUT2D eigenvalue weighted by Gasteiger charge is -2.53. The van der Waals surface area contributed by atoms with Crippen molar-refractivity contribution in [2.75, 3.05) is 7.11 Å². The van der Waals surface area contributed by atoms with Crippen molar-refractivity contribution in [1.82, 2.24) is 0 Å². The lowest BCUT2D eigenvalue weighted by Crippen LogP contribution is -2.54. The van der Waals surface area contributed by atoms with Crippen molar-refractivity contribution >= 4 is 5.71 Å². The maximum atomic E-state index is 12.0. The maximum absolute atomic E-state index is 12.0.